The SMILES string of the molecule is OC1CCN(c2ccnc3cc(Cl)ccc23)C1. The quantitative estimate of drug-likeness (QED) is 0.842. The number of β-amino-alcohol motifs (C(OH)–C–C–N with tert-alkyl or cyclic N) is 1. The smallest absolute Gasteiger partial charge is 0.0737 e. The van der Waals surface area contributed by atoms with E-state index in [0.29, 0.717) is 11.6 Å². The van der Waals surface area contributed by atoms with Crippen molar-refractivity contribution in [2.24, 2.45) is 0 Å². The third-order valence-electron chi connectivity index (χ3n) is 3.19. The summed E-state index contributed by atoms with van der Waals surface area (Å²) in [6.45, 7) is 1.59. The van der Waals surface area contributed by atoms with Gasteiger partial charge >= 0.3 is 0 Å². The maximum absolute atomic E-state index is 9.60. The molecule has 1 saturated heterocycles. The van der Waals surface area contributed by atoms with Crippen molar-refractivity contribution >= 4 is 28.2 Å². The van der Waals surface area contributed by atoms with Gasteiger partial charge in [-0.3, -0.25) is 4.98 Å². The molecule has 1 aromatic heterocycles. The lowest BCUT2D eigenvalue weighted by atomic mass is 10.2. The molecule has 3 nitrogen and oxygen atoms in total. The summed E-state index contributed by atoms with van der Waals surface area (Å²) in [5.41, 5.74) is 2.03. The number of rotatable bonds is 1. The number of hydrogen-bond acceptors (Lipinski definition) is 3. The first-order valence-electron chi connectivity index (χ1n) is 5.71. The lowest BCUT2D eigenvalue weighted by Crippen LogP contribution is -2.21. The highest BCUT2D eigenvalue weighted by Gasteiger charge is 2.21. The first kappa shape index (κ1) is 10.8. The van der Waals surface area contributed by atoms with E-state index in [1.165, 1.54) is 0 Å². The van der Waals surface area contributed by atoms with Crippen LogP contribution in [-0.2, 0) is 0 Å². The van der Waals surface area contributed by atoms with Gasteiger partial charge in [-0.2, -0.15) is 0 Å². The summed E-state index contributed by atoms with van der Waals surface area (Å²) in [5, 5.41) is 11.4. The molecule has 0 bridgehead atoms. The summed E-state index contributed by atoms with van der Waals surface area (Å²) in [5.74, 6) is 0. The number of pyridine rings is 1. The third kappa shape index (κ3) is 1.96. The van der Waals surface area contributed by atoms with E-state index in [1.54, 1.807) is 6.20 Å². The molecule has 0 amide bonds. The predicted octanol–water partition coefficient (Wildman–Crippen LogP) is 2.46. The van der Waals surface area contributed by atoms with Crippen LogP contribution in [0.5, 0.6) is 0 Å². The average molecular weight is 249 g/mol. The summed E-state index contributed by atoms with van der Waals surface area (Å²) in [4.78, 5) is 6.52. The first-order chi connectivity index (χ1) is 8.24. The van der Waals surface area contributed by atoms with E-state index in [1.807, 2.05) is 24.3 Å². The summed E-state index contributed by atoms with van der Waals surface area (Å²) in [6, 6.07) is 7.73. The van der Waals surface area contributed by atoms with E-state index < -0.39 is 0 Å². The fraction of sp³-hybridized carbons (Fsp3) is 0.308. The Hall–Kier alpha value is -1.32. The summed E-state index contributed by atoms with van der Waals surface area (Å²) in [6.07, 6.45) is 2.40. The van der Waals surface area contributed by atoms with Crippen LogP contribution in [0.15, 0.2) is 30.5 Å². The minimum absolute atomic E-state index is 0.217. The lowest BCUT2D eigenvalue weighted by molar-refractivity contribution is 0.198. The average Bonchev–Trinajstić information content (AvgIpc) is 2.74. The van der Waals surface area contributed by atoms with E-state index in [9.17, 15) is 5.11 Å². The van der Waals surface area contributed by atoms with Crippen molar-refractivity contribution in [3.8, 4) is 0 Å². The van der Waals surface area contributed by atoms with E-state index in [0.717, 1.165) is 29.6 Å². The van der Waals surface area contributed by atoms with E-state index in [-0.39, 0.29) is 6.10 Å². The van der Waals surface area contributed by atoms with Crippen molar-refractivity contribution in [1.82, 2.24) is 4.98 Å². The van der Waals surface area contributed by atoms with Gasteiger partial charge in [-0.25, -0.2) is 0 Å². The Morgan fingerprint density at radius 2 is 2.24 bits per heavy atom. The molecule has 1 N–H and O–H groups in total. The number of anilines is 1. The molecule has 0 saturated carbocycles. The molecule has 2 aromatic rings. The normalized spacial score (nSPS) is 20.1. The van der Waals surface area contributed by atoms with Crippen LogP contribution in [0.4, 0.5) is 5.69 Å². The number of halogens is 1. The minimum atomic E-state index is -0.217. The maximum atomic E-state index is 9.60. The summed E-state index contributed by atoms with van der Waals surface area (Å²) >= 11 is 5.96. The van der Waals surface area contributed by atoms with Crippen molar-refractivity contribution in [3.05, 3.63) is 35.5 Å². The van der Waals surface area contributed by atoms with Gasteiger partial charge in [-0.1, -0.05) is 11.6 Å². The Balaban J connectivity index is 2.10. The van der Waals surface area contributed by atoms with Gasteiger partial charge in [0.25, 0.3) is 0 Å². The number of aliphatic hydroxyl groups excluding tert-OH is 1. The number of aromatic nitrogens is 1. The van der Waals surface area contributed by atoms with E-state index >= 15 is 0 Å². The minimum Gasteiger partial charge on any atom is -0.391 e. The van der Waals surface area contributed by atoms with Crippen LogP contribution in [0.1, 0.15) is 6.42 Å². The van der Waals surface area contributed by atoms with Crippen LogP contribution < -0.4 is 4.90 Å². The van der Waals surface area contributed by atoms with Gasteiger partial charge < -0.3 is 10.0 Å². The van der Waals surface area contributed by atoms with Crippen molar-refractivity contribution in [3.63, 3.8) is 0 Å². The molecule has 88 valence electrons. The van der Waals surface area contributed by atoms with Crippen LogP contribution in [0, 0.1) is 0 Å². The number of fused-ring (bicyclic) bond motifs is 1. The van der Waals surface area contributed by atoms with Crippen LogP contribution in [0.3, 0.4) is 0 Å². The van der Waals surface area contributed by atoms with Crippen LogP contribution in [0.25, 0.3) is 10.9 Å². The molecule has 0 aliphatic carbocycles. The Bertz CT molecular complexity index is 558. The monoisotopic (exact) mass is 248 g/mol. The van der Waals surface area contributed by atoms with Crippen molar-refractivity contribution < 1.29 is 5.11 Å². The van der Waals surface area contributed by atoms with Gasteiger partial charge in [-0.05, 0) is 30.7 Å². The Morgan fingerprint density at radius 1 is 1.35 bits per heavy atom. The maximum Gasteiger partial charge on any atom is 0.0737 e. The van der Waals surface area contributed by atoms with E-state index in [4.69, 9.17) is 11.6 Å². The molecule has 1 aliphatic rings. The van der Waals surface area contributed by atoms with Gasteiger partial charge in [0.05, 0.1) is 11.6 Å². The second-order valence-electron chi connectivity index (χ2n) is 4.38. The van der Waals surface area contributed by atoms with Gasteiger partial charge in [0.2, 0.25) is 0 Å². The molecular weight excluding hydrogens is 236 g/mol. The van der Waals surface area contributed by atoms with Crippen molar-refractivity contribution in [1.29, 1.82) is 0 Å². The number of benzene rings is 1. The predicted molar refractivity (Wildman–Crippen MR) is 69.6 cm³/mol. The zero-order valence-electron chi connectivity index (χ0n) is 9.31. The molecule has 17 heavy (non-hydrogen) atoms. The highest BCUT2D eigenvalue weighted by molar-refractivity contribution is 6.31. The van der Waals surface area contributed by atoms with E-state index in [2.05, 4.69) is 9.88 Å². The topological polar surface area (TPSA) is 36.4 Å². The zero-order valence-corrected chi connectivity index (χ0v) is 10.1. The van der Waals surface area contributed by atoms with Gasteiger partial charge in [0, 0.05) is 35.4 Å². The number of nitrogens with zero attached hydrogens (tertiary/aromatic N) is 2. The molecule has 1 aliphatic heterocycles. The molecule has 2 heterocycles. The van der Waals surface area contributed by atoms with Crippen molar-refractivity contribution in [2.45, 2.75) is 12.5 Å². The fourth-order valence-electron chi connectivity index (χ4n) is 2.34. The Labute approximate surface area is 105 Å². The van der Waals surface area contributed by atoms with Crippen LogP contribution in [-0.4, -0.2) is 29.3 Å². The van der Waals surface area contributed by atoms with Gasteiger partial charge in [0.1, 0.15) is 0 Å². The second kappa shape index (κ2) is 4.17. The molecule has 1 atom stereocenters. The highest BCUT2D eigenvalue weighted by Crippen LogP contribution is 2.29. The molecule has 1 aromatic carbocycles. The number of hydrogen-bond donors (Lipinski definition) is 1. The zero-order chi connectivity index (χ0) is 11.8. The molecule has 1 fully saturated rings. The Kier molecular flexibility index (Phi) is 2.65. The molecule has 0 radical (unpaired) electrons. The van der Waals surface area contributed by atoms with Crippen LogP contribution >= 0.6 is 11.6 Å². The van der Waals surface area contributed by atoms with Gasteiger partial charge in [0.15, 0.2) is 0 Å². The highest BCUT2D eigenvalue weighted by atomic mass is 35.5. The fourth-order valence-corrected chi connectivity index (χ4v) is 2.51. The third-order valence-corrected chi connectivity index (χ3v) is 3.42. The number of aliphatic hydroxyl groups is 1. The largest absolute Gasteiger partial charge is 0.391 e. The molecule has 3 rings (SSSR count). The van der Waals surface area contributed by atoms with Crippen molar-refractivity contribution in [2.75, 3.05) is 18.0 Å². The summed E-state index contributed by atoms with van der Waals surface area (Å²) < 4.78 is 0. The lowest BCUT2D eigenvalue weighted by Gasteiger charge is -2.19. The standard InChI is InChI=1S/C13H13ClN2O/c14-9-1-2-11-12(7-9)15-5-3-13(11)16-6-4-10(17)8-16/h1-3,5,7,10,17H,4,6,8H2. The first-order valence-corrected chi connectivity index (χ1v) is 6.09. The summed E-state index contributed by atoms with van der Waals surface area (Å²) in [7, 11) is 0. The molecule has 1 unspecified atom stereocenters. The van der Waals surface area contributed by atoms with Crippen LogP contribution in [0.2, 0.25) is 5.02 Å². The Morgan fingerprint density at radius 3 is 3.00 bits per heavy atom. The molecule has 0 spiro atoms. The molecular formula is C13H13ClN2O. The second-order valence-corrected chi connectivity index (χ2v) is 4.82. The molecule has 4 heteroatoms. The van der Waals surface area contributed by atoms with Gasteiger partial charge in [-0.15, -0.1) is 0 Å².